The van der Waals surface area contributed by atoms with E-state index in [0.717, 1.165) is 17.7 Å². The van der Waals surface area contributed by atoms with E-state index in [1.807, 2.05) is 12.1 Å². The molecule has 3 aromatic rings. The number of hydrogen-bond donors (Lipinski definition) is 0. The topological polar surface area (TPSA) is 15.6 Å². The van der Waals surface area contributed by atoms with Crippen molar-refractivity contribution in [3.8, 4) is 0 Å². The molecule has 1 heterocycles. The molecule has 0 amide bonds. The van der Waals surface area contributed by atoms with E-state index in [1.54, 1.807) is 0 Å². The molecule has 110 valence electrons. The van der Waals surface area contributed by atoms with Crippen LogP contribution in [0, 0.1) is 0 Å². The van der Waals surface area contributed by atoms with Crippen LogP contribution in [0.2, 0.25) is 6.32 Å². The van der Waals surface area contributed by atoms with Gasteiger partial charge in [-0.15, -0.1) is 0 Å². The van der Waals surface area contributed by atoms with Gasteiger partial charge < -0.3 is 4.92 Å². The predicted octanol–water partition coefficient (Wildman–Crippen LogP) is 3.81. The molecule has 0 saturated carbocycles. The number of rotatable bonds is 3. The van der Waals surface area contributed by atoms with Crippen LogP contribution in [-0.4, -0.2) is 12.6 Å². The molecule has 0 aliphatic carbocycles. The van der Waals surface area contributed by atoms with Gasteiger partial charge in [0.2, 0.25) is 0 Å². The number of hydrazone groups is 1. The first-order valence-electron chi connectivity index (χ1n) is 7.94. The van der Waals surface area contributed by atoms with Gasteiger partial charge in [-0.05, 0) is 24.0 Å². The highest BCUT2D eigenvalue weighted by Gasteiger charge is 2.33. The summed E-state index contributed by atoms with van der Waals surface area (Å²) in [6.07, 6.45) is 0.920. The van der Waals surface area contributed by atoms with Crippen molar-refractivity contribution in [2.24, 2.45) is 5.10 Å². The molecule has 2 nitrogen and oxygen atoms in total. The molecule has 0 aromatic heterocycles. The summed E-state index contributed by atoms with van der Waals surface area (Å²) >= 11 is 0. The molecular weight excluding hydrogens is 279 g/mol. The molecule has 0 atom stereocenters. The van der Waals surface area contributed by atoms with Crippen LogP contribution in [0.25, 0.3) is 0 Å². The summed E-state index contributed by atoms with van der Waals surface area (Å²) in [6, 6.07) is 31.5. The average molecular weight is 296 g/mol. The third-order valence-corrected chi connectivity index (χ3v) is 4.22. The number of anilines is 1. The minimum absolute atomic E-state index is 0.244. The number of para-hydroxylation sites is 1. The summed E-state index contributed by atoms with van der Waals surface area (Å²) in [5.74, 6) is 0. The van der Waals surface area contributed by atoms with Crippen LogP contribution in [0.3, 0.4) is 0 Å². The lowest BCUT2D eigenvalue weighted by Gasteiger charge is -2.21. The summed E-state index contributed by atoms with van der Waals surface area (Å²) in [4.78, 5) is 2.15. The molecule has 0 N–H and O–H groups in total. The van der Waals surface area contributed by atoms with Crippen LogP contribution in [0.4, 0.5) is 5.69 Å². The molecule has 0 spiro atoms. The number of nitrogens with zero attached hydrogens (tertiary/aromatic N) is 2. The second-order valence-corrected chi connectivity index (χ2v) is 5.72. The Kier molecular flexibility index (Phi) is 3.69. The number of hydrogen-bond acceptors (Lipinski definition) is 2. The monoisotopic (exact) mass is 296 g/mol. The van der Waals surface area contributed by atoms with Gasteiger partial charge in [0.05, 0.1) is 5.71 Å². The molecule has 0 radical (unpaired) electrons. The largest absolute Gasteiger partial charge is 0.322 e. The average Bonchev–Trinajstić information content (AvgIpc) is 3.09. The van der Waals surface area contributed by atoms with Crippen molar-refractivity contribution >= 4 is 23.7 Å². The van der Waals surface area contributed by atoms with Crippen molar-refractivity contribution in [1.82, 2.24) is 0 Å². The maximum absolute atomic E-state index is 4.94. The summed E-state index contributed by atoms with van der Waals surface area (Å²) in [6.45, 7) is 0.244. The van der Waals surface area contributed by atoms with Gasteiger partial charge in [-0.1, -0.05) is 84.3 Å². The first-order valence-corrected chi connectivity index (χ1v) is 7.94. The fraction of sp³-hybridized carbons (Fsp3) is 0.0500. The third kappa shape index (κ3) is 2.78. The molecule has 1 aliphatic rings. The second kappa shape index (κ2) is 6.13. The van der Waals surface area contributed by atoms with Crippen LogP contribution < -0.4 is 10.4 Å². The van der Waals surface area contributed by atoms with Crippen LogP contribution in [0.15, 0.2) is 96.1 Å². The Balaban J connectivity index is 1.75. The zero-order valence-corrected chi connectivity index (χ0v) is 12.8. The maximum Gasteiger partial charge on any atom is 0.322 e. The highest BCUT2D eigenvalue weighted by molar-refractivity contribution is 6.81. The maximum atomic E-state index is 4.94. The Bertz CT molecular complexity index is 801. The molecule has 3 heteroatoms. The van der Waals surface area contributed by atoms with E-state index in [4.69, 9.17) is 5.10 Å². The zero-order valence-electron chi connectivity index (χ0n) is 12.8. The van der Waals surface area contributed by atoms with E-state index in [0.29, 0.717) is 0 Å². The van der Waals surface area contributed by atoms with Gasteiger partial charge in [0.1, 0.15) is 0 Å². The van der Waals surface area contributed by atoms with Gasteiger partial charge in [0, 0.05) is 5.69 Å². The third-order valence-electron chi connectivity index (χ3n) is 4.22. The second-order valence-electron chi connectivity index (χ2n) is 5.72. The van der Waals surface area contributed by atoms with Crippen LogP contribution in [0.1, 0.15) is 5.56 Å². The SMILES string of the molecule is c1ccc(B2CC(c3ccccc3)=NN2c2ccccc2)cc1. The van der Waals surface area contributed by atoms with Crippen LogP contribution in [-0.2, 0) is 0 Å². The normalized spacial score (nSPS) is 14.0. The Morgan fingerprint density at radius 3 is 1.91 bits per heavy atom. The first-order chi connectivity index (χ1) is 11.4. The zero-order chi connectivity index (χ0) is 15.5. The lowest BCUT2D eigenvalue weighted by atomic mass is 9.52. The first kappa shape index (κ1) is 13.8. The van der Waals surface area contributed by atoms with Crippen molar-refractivity contribution in [2.45, 2.75) is 6.32 Å². The fourth-order valence-electron chi connectivity index (χ4n) is 3.07. The lowest BCUT2D eigenvalue weighted by molar-refractivity contribution is 1.18. The van der Waals surface area contributed by atoms with E-state index in [-0.39, 0.29) is 6.85 Å². The van der Waals surface area contributed by atoms with E-state index >= 15 is 0 Å². The Morgan fingerprint density at radius 2 is 1.26 bits per heavy atom. The Morgan fingerprint density at radius 1 is 0.696 bits per heavy atom. The molecule has 23 heavy (non-hydrogen) atoms. The van der Waals surface area contributed by atoms with Crippen LogP contribution in [0.5, 0.6) is 0 Å². The molecule has 0 unspecified atom stereocenters. The predicted molar refractivity (Wildman–Crippen MR) is 98.5 cm³/mol. The molecule has 0 bridgehead atoms. The van der Waals surface area contributed by atoms with Crippen LogP contribution >= 0.6 is 0 Å². The molecule has 0 saturated heterocycles. The summed E-state index contributed by atoms with van der Waals surface area (Å²) < 4.78 is 0. The quantitative estimate of drug-likeness (QED) is 0.671. The summed E-state index contributed by atoms with van der Waals surface area (Å²) in [5.41, 5.74) is 4.77. The molecular formula is C20H17BN2. The van der Waals surface area contributed by atoms with Gasteiger partial charge in [0.25, 0.3) is 0 Å². The van der Waals surface area contributed by atoms with E-state index in [2.05, 4.69) is 83.8 Å². The number of benzene rings is 3. The van der Waals surface area contributed by atoms with E-state index in [1.165, 1.54) is 11.0 Å². The van der Waals surface area contributed by atoms with Gasteiger partial charge in [-0.25, -0.2) is 0 Å². The lowest BCUT2D eigenvalue weighted by Crippen LogP contribution is -2.42. The highest BCUT2D eigenvalue weighted by Crippen LogP contribution is 2.25. The molecule has 4 rings (SSSR count). The smallest absolute Gasteiger partial charge is 0.305 e. The Hall–Kier alpha value is -2.81. The summed E-state index contributed by atoms with van der Waals surface area (Å²) in [5, 5.41) is 4.94. The minimum Gasteiger partial charge on any atom is -0.305 e. The highest BCUT2D eigenvalue weighted by atomic mass is 15.4. The molecule has 0 fully saturated rings. The van der Waals surface area contributed by atoms with Crippen molar-refractivity contribution in [3.05, 3.63) is 96.6 Å². The van der Waals surface area contributed by atoms with Crippen molar-refractivity contribution in [1.29, 1.82) is 0 Å². The molecule has 3 aromatic carbocycles. The minimum atomic E-state index is 0.244. The standard InChI is InChI=1S/C20H17BN2/c1-4-10-17(11-5-1)20-16-21(18-12-6-2-7-13-18)23(22-20)19-14-8-3-9-15-19/h1-15H,16H2. The van der Waals surface area contributed by atoms with Gasteiger partial charge in [-0.3, -0.25) is 0 Å². The van der Waals surface area contributed by atoms with Gasteiger partial charge in [0.15, 0.2) is 0 Å². The fourth-order valence-corrected chi connectivity index (χ4v) is 3.07. The van der Waals surface area contributed by atoms with E-state index in [9.17, 15) is 0 Å². The Labute approximate surface area is 137 Å². The van der Waals surface area contributed by atoms with Gasteiger partial charge in [-0.2, -0.15) is 5.10 Å². The van der Waals surface area contributed by atoms with Crippen molar-refractivity contribution in [2.75, 3.05) is 4.92 Å². The summed E-state index contributed by atoms with van der Waals surface area (Å²) in [7, 11) is 0. The van der Waals surface area contributed by atoms with Gasteiger partial charge >= 0.3 is 6.85 Å². The van der Waals surface area contributed by atoms with Crippen molar-refractivity contribution in [3.63, 3.8) is 0 Å². The van der Waals surface area contributed by atoms with E-state index < -0.39 is 0 Å². The van der Waals surface area contributed by atoms with Crippen molar-refractivity contribution < 1.29 is 0 Å². The molecule has 1 aliphatic heterocycles.